The first-order chi connectivity index (χ1) is 41.0. The van der Waals surface area contributed by atoms with Crippen molar-refractivity contribution in [1.82, 2.24) is 9.80 Å². The maximum atomic E-state index is 16.1. The Bertz CT molecular complexity index is 3980. The molecule has 0 aliphatic carbocycles. The highest BCUT2D eigenvalue weighted by atomic mass is 35.5. The van der Waals surface area contributed by atoms with E-state index in [0.717, 1.165) is 40.0 Å². The van der Waals surface area contributed by atoms with Crippen molar-refractivity contribution >= 4 is 101 Å². The van der Waals surface area contributed by atoms with E-state index in [9.17, 15) is 31.2 Å². The molecule has 460 valence electrons. The van der Waals surface area contributed by atoms with Crippen molar-refractivity contribution < 1.29 is 71.0 Å². The summed E-state index contributed by atoms with van der Waals surface area (Å²) < 4.78 is 194. The zero-order valence-corrected chi connectivity index (χ0v) is 50.3. The van der Waals surface area contributed by atoms with Crippen LogP contribution >= 0.6 is 23.2 Å². The summed E-state index contributed by atoms with van der Waals surface area (Å²) in [5, 5.41) is 0.184. The molecule has 0 radical (unpaired) electrons. The van der Waals surface area contributed by atoms with E-state index in [4.69, 9.17) is 32.7 Å². The lowest BCUT2D eigenvalue weighted by molar-refractivity contribution is -0.148. The molecule has 0 saturated carbocycles. The van der Waals surface area contributed by atoms with Gasteiger partial charge in [0, 0.05) is 43.9 Å². The number of benzene rings is 6. The number of rotatable bonds is 13. The minimum Gasteiger partial charge on any atom is -0.468 e. The zero-order chi connectivity index (χ0) is 62.8. The number of esters is 2. The number of allylic oxidation sites excluding steroid dienone is 2. The average molecular weight is 1290 g/mol. The fourth-order valence-corrected chi connectivity index (χ4v) is 15.8. The zero-order valence-electron chi connectivity index (χ0n) is 47.1. The smallest absolute Gasteiger partial charge is 0.416 e. The lowest BCUT2D eigenvalue weighted by atomic mass is 9.91. The highest BCUT2D eigenvalue weighted by Crippen LogP contribution is 2.48. The number of carbonyl (C=O) groups is 2. The molecule has 4 heterocycles. The van der Waals surface area contributed by atoms with Gasteiger partial charge in [-0.05, 0) is 127 Å². The SMILES string of the molecule is COC(=O)CN1CCN2c3ccc(/C=C(\C)c4c(F)cccc4Cl)cc3N(S(=O)(=O)c3ccc(C4CN5c6ccc(/C=C(\C)c7c(F)cccc7Cl)cc6N(S(=O)(=O)c6cccc(C(F)(F)F)c6)C[C@@H]5CN4[C@@H](C)C(=O)OC)c(C(F)(F)F)c3)C[C@@H]2C1. The lowest BCUT2D eigenvalue weighted by Crippen LogP contribution is -2.63. The minimum absolute atomic E-state index is 0.0323. The Hall–Kier alpha value is -7.22. The predicted molar refractivity (Wildman–Crippen MR) is 316 cm³/mol. The van der Waals surface area contributed by atoms with Gasteiger partial charge in [-0.15, -0.1) is 0 Å². The van der Waals surface area contributed by atoms with Crippen molar-refractivity contribution in [2.24, 2.45) is 0 Å². The summed E-state index contributed by atoms with van der Waals surface area (Å²) in [6.45, 7) is 3.73. The Morgan fingerprint density at radius 2 is 1.14 bits per heavy atom. The standard InChI is InChI=1S/C61H56Cl2F8N6O8S2/c1-35(57-47(62)11-7-13-49(57)64)23-38-15-19-51-53(25-38)76(31-41-29-72(21-22-73(41)51)34-56(78)84-4)87(82,83)44-17-18-45(46(28-44)61(69,70)71)55-33-75-42(30-74(55)37(3)59(79)85-5)32-77(86(80,81)43-10-6-9-40(27-43)60(66,67)68)54-26-39(16-20-52(54)75)24-36(2)58-48(63)12-8-14-50(58)65/h6-20,23-28,37,41-42,55H,21-22,29-34H2,1-5H3/b35-23+,36-24+/t37-,41-,42-,55?/m0/s1. The van der Waals surface area contributed by atoms with Crippen LogP contribution in [0, 0.1) is 11.6 Å². The van der Waals surface area contributed by atoms with Crippen molar-refractivity contribution in [3.63, 3.8) is 0 Å². The van der Waals surface area contributed by atoms with Gasteiger partial charge in [0.2, 0.25) is 0 Å². The molecular formula is C61H56Cl2F8N6O8S2. The molecule has 87 heavy (non-hydrogen) atoms. The monoisotopic (exact) mass is 1290 g/mol. The van der Waals surface area contributed by atoms with Gasteiger partial charge in [0.15, 0.2) is 0 Å². The third kappa shape index (κ3) is 12.2. The number of piperazine rings is 2. The summed E-state index contributed by atoms with van der Waals surface area (Å²) in [6, 6.07) is 18.9. The van der Waals surface area contributed by atoms with Gasteiger partial charge in [-0.1, -0.05) is 71.8 Å². The highest BCUT2D eigenvalue weighted by molar-refractivity contribution is 7.93. The quantitative estimate of drug-likeness (QED) is 0.0617. The molecule has 4 aliphatic rings. The van der Waals surface area contributed by atoms with Crippen LogP contribution in [0.1, 0.15) is 65.8 Å². The molecule has 0 N–H and O–H groups in total. The molecule has 0 spiro atoms. The summed E-state index contributed by atoms with van der Waals surface area (Å²) >= 11 is 12.8. The summed E-state index contributed by atoms with van der Waals surface area (Å²) in [4.78, 5) is 31.3. The Morgan fingerprint density at radius 3 is 1.66 bits per heavy atom. The van der Waals surface area contributed by atoms with E-state index in [1.54, 1.807) is 41.9 Å². The van der Waals surface area contributed by atoms with Crippen LogP contribution in [0.3, 0.4) is 0 Å². The number of methoxy groups -OCH3 is 2. The number of alkyl halides is 6. The third-order valence-corrected chi connectivity index (χ3v) is 20.4. The molecule has 4 atom stereocenters. The number of sulfonamides is 2. The Balaban J connectivity index is 1.09. The largest absolute Gasteiger partial charge is 0.468 e. The molecule has 0 bridgehead atoms. The molecule has 14 nitrogen and oxygen atoms in total. The number of ether oxygens (including phenoxy) is 2. The first-order valence-corrected chi connectivity index (χ1v) is 30.8. The van der Waals surface area contributed by atoms with Gasteiger partial charge in [-0.3, -0.25) is 28.0 Å². The van der Waals surface area contributed by atoms with Gasteiger partial charge in [0.25, 0.3) is 20.0 Å². The second-order valence-electron chi connectivity index (χ2n) is 21.6. The van der Waals surface area contributed by atoms with Crippen LogP contribution in [0.15, 0.2) is 125 Å². The first kappa shape index (κ1) is 62.8. The van der Waals surface area contributed by atoms with Crippen LogP contribution < -0.4 is 18.4 Å². The highest BCUT2D eigenvalue weighted by Gasteiger charge is 2.49. The summed E-state index contributed by atoms with van der Waals surface area (Å²) in [7, 11) is -7.58. The summed E-state index contributed by atoms with van der Waals surface area (Å²) in [5.74, 6) is -2.70. The van der Waals surface area contributed by atoms with Crippen LogP contribution in [-0.2, 0) is 51.5 Å². The second kappa shape index (κ2) is 24.0. The molecule has 2 saturated heterocycles. The topological polar surface area (TPSA) is 140 Å². The van der Waals surface area contributed by atoms with Crippen molar-refractivity contribution in [3.05, 3.63) is 176 Å². The number of carbonyl (C=O) groups excluding carboxylic acids is 2. The van der Waals surface area contributed by atoms with Crippen molar-refractivity contribution in [3.8, 4) is 0 Å². The molecule has 1 unspecified atom stereocenters. The Labute approximate surface area is 507 Å². The van der Waals surface area contributed by atoms with Crippen LogP contribution in [0.5, 0.6) is 0 Å². The summed E-state index contributed by atoms with van der Waals surface area (Å²) in [5.41, 5.74) is -1.10. The van der Waals surface area contributed by atoms with E-state index in [0.29, 0.717) is 53.7 Å². The molecule has 6 aromatic carbocycles. The van der Waals surface area contributed by atoms with Crippen LogP contribution in [0.25, 0.3) is 23.3 Å². The van der Waals surface area contributed by atoms with Gasteiger partial charge in [0.1, 0.15) is 17.7 Å². The molecule has 26 heteroatoms. The van der Waals surface area contributed by atoms with E-state index < -0.39 is 120 Å². The fraction of sp³-hybridized carbons (Fsp3) is 0.311. The van der Waals surface area contributed by atoms with E-state index >= 15 is 30.4 Å². The number of halogens is 10. The van der Waals surface area contributed by atoms with E-state index in [1.165, 1.54) is 85.7 Å². The number of fused-ring (bicyclic) bond motifs is 6. The van der Waals surface area contributed by atoms with Crippen LogP contribution in [0.2, 0.25) is 10.0 Å². The normalized spacial score (nSPS) is 19.2. The van der Waals surface area contributed by atoms with Gasteiger partial charge >= 0.3 is 24.3 Å². The molecule has 2 fully saturated rings. The molecule has 10 rings (SSSR count). The predicted octanol–water partition coefficient (Wildman–Crippen LogP) is 12.3. The van der Waals surface area contributed by atoms with Crippen molar-refractivity contribution in [1.29, 1.82) is 0 Å². The molecular weight excluding hydrogens is 1230 g/mol. The van der Waals surface area contributed by atoms with Crippen molar-refractivity contribution in [2.75, 3.05) is 85.0 Å². The maximum absolute atomic E-state index is 16.1. The minimum atomic E-state index is -5.27. The molecule has 6 aromatic rings. The van der Waals surface area contributed by atoms with Crippen molar-refractivity contribution in [2.45, 2.75) is 67.1 Å². The number of hydrogen-bond acceptors (Lipinski definition) is 12. The molecule has 0 amide bonds. The first-order valence-electron chi connectivity index (χ1n) is 27.1. The Kier molecular flexibility index (Phi) is 17.4. The van der Waals surface area contributed by atoms with Gasteiger partial charge in [-0.25, -0.2) is 25.6 Å². The van der Waals surface area contributed by atoms with Gasteiger partial charge < -0.3 is 19.3 Å². The fourth-order valence-electron chi connectivity index (χ4n) is 12.0. The number of hydrogen-bond donors (Lipinski definition) is 0. The van der Waals surface area contributed by atoms with E-state index in [1.807, 2.05) is 4.90 Å². The number of nitrogens with zero attached hydrogens (tertiary/aromatic N) is 6. The Morgan fingerprint density at radius 1 is 0.609 bits per heavy atom. The lowest BCUT2D eigenvalue weighted by Gasteiger charge is -2.53. The third-order valence-electron chi connectivity index (χ3n) is 16.2. The van der Waals surface area contributed by atoms with E-state index in [2.05, 4.69) is 0 Å². The maximum Gasteiger partial charge on any atom is 0.416 e. The summed E-state index contributed by atoms with van der Waals surface area (Å²) in [6.07, 6.45) is -7.12. The molecule has 0 aromatic heterocycles. The average Bonchev–Trinajstić information content (AvgIpc) is 0.784. The number of anilines is 4. The van der Waals surface area contributed by atoms with E-state index in [-0.39, 0.29) is 70.0 Å². The molecule has 4 aliphatic heterocycles. The van der Waals surface area contributed by atoms with Crippen LogP contribution in [-0.4, -0.2) is 123 Å². The second-order valence-corrected chi connectivity index (χ2v) is 26.1. The van der Waals surface area contributed by atoms with Gasteiger partial charge in [-0.2, -0.15) is 26.3 Å². The van der Waals surface area contributed by atoms with Gasteiger partial charge in [0.05, 0.1) is 106 Å². The van der Waals surface area contributed by atoms with Crippen LogP contribution in [0.4, 0.5) is 57.9 Å².